The monoisotopic (exact) mass is 189 g/mol. The molecule has 3 nitrogen and oxygen atoms in total. The number of halogens is 1. The van der Waals surface area contributed by atoms with E-state index in [1.54, 1.807) is 0 Å². The second kappa shape index (κ2) is 3.90. The smallest absolute Gasteiger partial charge is 0.223 e. The quantitative estimate of drug-likeness (QED) is 0.433. The van der Waals surface area contributed by atoms with Crippen molar-refractivity contribution < 1.29 is 0 Å². The molecular formula is C6H8ClN3S. The first kappa shape index (κ1) is 8.77. The van der Waals surface area contributed by atoms with Crippen molar-refractivity contribution in [1.29, 1.82) is 0 Å². The lowest BCUT2D eigenvalue weighted by Crippen LogP contribution is -2.01. The number of hydrogen-bond acceptors (Lipinski definition) is 4. The highest BCUT2D eigenvalue weighted by Crippen LogP contribution is 2.14. The molecule has 0 aliphatic carbocycles. The summed E-state index contributed by atoms with van der Waals surface area (Å²) in [5.74, 6) is 0. The van der Waals surface area contributed by atoms with E-state index in [-0.39, 0.29) is 5.28 Å². The van der Waals surface area contributed by atoms with Gasteiger partial charge in [0.25, 0.3) is 0 Å². The standard InChI is InChI=1S/C6H8ClN3S/c1-11-5-2-4(3-8)9-6(7)10-5/h2H,3,8H2,1H3. The summed E-state index contributed by atoms with van der Waals surface area (Å²) in [6.45, 7) is 0.399. The molecule has 1 aromatic heterocycles. The maximum absolute atomic E-state index is 5.62. The zero-order valence-electron chi connectivity index (χ0n) is 6.04. The van der Waals surface area contributed by atoms with Crippen LogP contribution >= 0.6 is 23.4 Å². The lowest BCUT2D eigenvalue weighted by atomic mass is 10.4. The molecule has 0 spiro atoms. The second-order valence-electron chi connectivity index (χ2n) is 1.87. The highest BCUT2D eigenvalue weighted by Gasteiger charge is 1.99. The molecule has 0 aromatic carbocycles. The number of thioether (sulfide) groups is 1. The minimum atomic E-state index is 0.261. The van der Waals surface area contributed by atoms with E-state index in [2.05, 4.69) is 9.97 Å². The van der Waals surface area contributed by atoms with Crippen molar-refractivity contribution in [3.63, 3.8) is 0 Å². The second-order valence-corrected chi connectivity index (χ2v) is 3.04. The molecule has 1 rings (SSSR count). The zero-order valence-corrected chi connectivity index (χ0v) is 7.61. The zero-order chi connectivity index (χ0) is 8.27. The topological polar surface area (TPSA) is 51.8 Å². The SMILES string of the molecule is CSc1cc(CN)nc(Cl)n1. The van der Waals surface area contributed by atoms with Gasteiger partial charge in [0.2, 0.25) is 5.28 Å². The molecule has 0 amide bonds. The van der Waals surface area contributed by atoms with Gasteiger partial charge in [-0.2, -0.15) is 0 Å². The molecule has 0 saturated carbocycles. The summed E-state index contributed by atoms with van der Waals surface area (Å²) in [5, 5.41) is 1.11. The molecule has 0 fully saturated rings. The fraction of sp³-hybridized carbons (Fsp3) is 0.333. The van der Waals surface area contributed by atoms with E-state index in [1.165, 1.54) is 11.8 Å². The third-order valence-electron chi connectivity index (χ3n) is 1.15. The van der Waals surface area contributed by atoms with E-state index in [0.29, 0.717) is 6.54 Å². The molecule has 0 radical (unpaired) electrons. The summed E-state index contributed by atoms with van der Waals surface area (Å²) in [6, 6.07) is 1.83. The number of hydrogen-bond donors (Lipinski definition) is 1. The van der Waals surface area contributed by atoms with Crippen LogP contribution in [0.1, 0.15) is 5.69 Å². The van der Waals surface area contributed by atoms with Gasteiger partial charge < -0.3 is 5.73 Å². The lowest BCUT2D eigenvalue weighted by molar-refractivity contribution is 0.925. The van der Waals surface area contributed by atoms with Gasteiger partial charge in [-0.1, -0.05) is 0 Å². The van der Waals surface area contributed by atoms with Gasteiger partial charge in [-0.15, -0.1) is 11.8 Å². The Bertz CT molecular complexity index is 231. The largest absolute Gasteiger partial charge is 0.325 e. The van der Waals surface area contributed by atoms with Crippen LogP contribution in [0, 0.1) is 0 Å². The normalized spacial score (nSPS) is 10.1. The van der Waals surface area contributed by atoms with Gasteiger partial charge in [-0.25, -0.2) is 9.97 Å². The van der Waals surface area contributed by atoms with Crippen LogP contribution in [0.15, 0.2) is 11.1 Å². The number of nitrogens with zero attached hydrogens (tertiary/aromatic N) is 2. The fourth-order valence-corrected chi connectivity index (χ4v) is 1.33. The molecule has 11 heavy (non-hydrogen) atoms. The Morgan fingerprint density at radius 3 is 2.91 bits per heavy atom. The van der Waals surface area contributed by atoms with Crippen molar-refractivity contribution in [1.82, 2.24) is 9.97 Å². The van der Waals surface area contributed by atoms with Crippen molar-refractivity contribution in [3.05, 3.63) is 17.0 Å². The molecule has 5 heteroatoms. The maximum Gasteiger partial charge on any atom is 0.223 e. The van der Waals surface area contributed by atoms with E-state index in [1.807, 2.05) is 12.3 Å². The predicted octanol–water partition coefficient (Wildman–Crippen LogP) is 1.31. The van der Waals surface area contributed by atoms with Gasteiger partial charge in [0.1, 0.15) is 5.03 Å². The highest BCUT2D eigenvalue weighted by atomic mass is 35.5. The Kier molecular flexibility index (Phi) is 3.11. The van der Waals surface area contributed by atoms with Crippen LogP contribution in [0.3, 0.4) is 0 Å². The third kappa shape index (κ3) is 2.32. The van der Waals surface area contributed by atoms with E-state index >= 15 is 0 Å². The van der Waals surface area contributed by atoms with Crippen LogP contribution in [0.25, 0.3) is 0 Å². The van der Waals surface area contributed by atoms with Crippen LogP contribution in [0.2, 0.25) is 5.28 Å². The molecule has 1 heterocycles. The number of nitrogens with two attached hydrogens (primary N) is 1. The van der Waals surface area contributed by atoms with Gasteiger partial charge >= 0.3 is 0 Å². The molecule has 60 valence electrons. The van der Waals surface area contributed by atoms with Crippen LogP contribution in [-0.4, -0.2) is 16.2 Å². The summed E-state index contributed by atoms with van der Waals surface area (Å²) in [5.41, 5.74) is 6.16. The maximum atomic E-state index is 5.62. The Morgan fingerprint density at radius 1 is 1.64 bits per heavy atom. The summed E-state index contributed by atoms with van der Waals surface area (Å²) in [4.78, 5) is 7.88. The predicted molar refractivity (Wildman–Crippen MR) is 46.7 cm³/mol. The Labute approximate surface area is 74.4 Å². The molecule has 0 aliphatic heterocycles. The molecule has 2 N–H and O–H groups in total. The summed E-state index contributed by atoms with van der Waals surface area (Å²) in [6.07, 6.45) is 1.93. The van der Waals surface area contributed by atoms with Gasteiger partial charge in [-0.3, -0.25) is 0 Å². The molecule has 0 atom stereocenters. The molecule has 1 aromatic rings. The van der Waals surface area contributed by atoms with Crippen molar-refractivity contribution in [2.45, 2.75) is 11.6 Å². The molecule has 0 aliphatic rings. The van der Waals surface area contributed by atoms with Gasteiger partial charge in [0.15, 0.2) is 0 Å². The van der Waals surface area contributed by atoms with Crippen molar-refractivity contribution >= 4 is 23.4 Å². The fourth-order valence-electron chi connectivity index (χ4n) is 0.651. The minimum absolute atomic E-state index is 0.261. The summed E-state index contributed by atoms with van der Waals surface area (Å²) >= 11 is 7.14. The van der Waals surface area contributed by atoms with E-state index < -0.39 is 0 Å². The van der Waals surface area contributed by atoms with E-state index in [0.717, 1.165) is 10.7 Å². The molecular weight excluding hydrogens is 182 g/mol. The van der Waals surface area contributed by atoms with Crippen LogP contribution in [-0.2, 0) is 6.54 Å². The summed E-state index contributed by atoms with van der Waals surface area (Å²) in [7, 11) is 0. The van der Waals surface area contributed by atoms with Gasteiger partial charge in [0.05, 0.1) is 5.69 Å². The highest BCUT2D eigenvalue weighted by molar-refractivity contribution is 7.98. The van der Waals surface area contributed by atoms with E-state index in [9.17, 15) is 0 Å². The first-order chi connectivity index (χ1) is 5.26. The molecule has 0 unspecified atom stereocenters. The minimum Gasteiger partial charge on any atom is -0.325 e. The first-order valence-corrected chi connectivity index (χ1v) is 4.64. The number of rotatable bonds is 2. The van der Waals surface area contributed by atoms with Gasteiger partial charge in [0, 0.05) is 6.54 Å². The van der Waals surface area contributed by atoms with Crippen LogP contribution in [0.5, 0.6) is 0 Å². The Hall–Kier alpha value is -0.320. The average Bonchev–Trinajstić information content (AvgIpc) is 2.03. The first-order valence-electron chi connectivity index (χ1n) is 3.03. The van der Waals surface area contributed by atoms with Crippen LogP contribution in [0.4, 0.5) is 0 Å². The Morgan fingerprint density at radius 2 is 2.36 bits per heavy atom. The van der Waals surface area contributed by atoms with Gasteiger partial charge in [-0.05, 0) is 23.9 Å². The lowest BCUT2D eigenvalue weighted by Gasteiger charge is -1.99. The van der Waals surface area contributed by atoms with Crippen molar-refractivity contribution in [3.8, 4) is 0 Å². The average molecular weight is 190 g/mol. The van der Waals surface area contributed by atoms with E-state index in [4.69, 9.17) is 17.3 Å². The summed E-state index contributed by atoms with van der Waals surface area (Å²) < 4.78 is 0. The number of aromatic nitrogens is 2. The molecule has 0 saturated heterocycles. The van der Waals surface area contributed by atoms with Crippen LogP contribution < -0.4 is 5.73 Å². The Balaban J connectivity index is 3.02. The van der Waals surface area contributed by atoms with Crippen molar-refractivity contribution in [2.75, 3.05) is 6.26 Å². The third-order valence-corrected chi connectivity index (χ3v) is 1.94. The van der Waals surface area contributed by atoms with Crippen molar-refractivity contribution in [2.24, 2.45) is 5.73 Å². The molecule has 0 bridgehead atoms.